The Balaban J connectivity index is 1.84. The van der Waals surface area contributed by atoms with Crippen LogP contribution >= 0.6 is 46.4 Å². The number of carbonyl (C=O) groups excluding carboxylic acids is 2. The van der Waals surface area contributed by atoms with Gasteiger partial charge in [0.2, 0.25) is 11.8 Å². The van der Waals surface area contributed by atoms with Crippen LogP contribution in [0.25, 0.3) is 0 Å². The van der Waals surface area contributed by atoms with Gasteiger partial charge < -0.3 is 10.2 Å². The van der Waals surface area contributed by atoms with Gasteiger partial charge in [0.15, 0.2) is 0 Å². The summed E-state index contributed by atoms with van der Waals surface area (Å²) in [5.41, 5.74) is 1.37. The van der Waals surface area contributed by atoms with Crippen molar-refractivity contribution >= 4 is 73.9 Å². The van der Waals surface area contributed by atoms with E-state index in [0.29, 0.717) is 15.6 Å². The Hall–Kier alpha value is -3.27. The zero-order valence-corrected chi connectivity index (χ0v) is 28.3. The number of benzene rings is 4. The summed E-state index contributed by atoms with van der Waals surface area (Å²) in [5, 5.41) is 3.92. The van der Waals surface area contributed by atoms with E-state index in [4.69, 9.17) is 46.4 Å². The largest absolute Gasteiger partial charge is 0.352 e. The second kappa shape index (κ2) is 15.3. The fourth-order valence-electron chi connectivity index (χ4n) is 4.68. The lowest BCUT2D eigenvalue weighted by Gasteiger charge is -2.34. The number of hydrogen-bond donors (Lipinski definition) is 1. The van der Waals surface area contributed by atoms with E-state index >= 15 is 0 Å². The smallest absolute Gasteiger partial charge is 0.264 e. The molecule has 4 aromatic carbocycles. The van der Waals surface area contributed by atoms with Crippen LogP contribution in [-0.2, 0) is 32.6 Å². The molecule has 7 nitrogen and oxygen atoms in total. The highest BCUT2D eigenvalue weighted by Gasteiger charge is 2.35. The van der Waals surface area contributed by atoms with Crippen molar-refractivity contribution in [2.45, 2.75) is 43.8 Å². The molecule has 0 radical (unpaired) electrons. The van der Waals surface area contributed by atoms with E-state index in [1.54, 1.807) is 36.4 Å². The first kappa shape index (κ1) is 34.6. The number of hydrogen-bond acceptors (Lipinski definition) is 4. The summed E-state index contributed by atoms with van der Waals surface area (Å²) in [4.78, 5) is 29.6. The molecule has 0 unspecified atom stereocenters. The Kier molecular flexibility index (Phi) is 11.8. The maximum Gasteiger partial charge on any atom is 0.264 e. The predicted molar refractivity (Wildman–Crippen MR) is 182 cm³/mol. The van der Waals surface area contributed by atoms with Crippen LogP contribution in [-0.4, -0.2) is 43.8 Å². The van der Waals surface area contributed by atoms with Crippen molar-refractivity contribution in [3.63, 3.8) is 0 Å². The maximum absolute atomic E-state index is 14.5. The summed E-state index contributed by atoms with van der Waals surface area (Å²) in [6.45, 7) is 2.85. The van der Waals surface area contributed by atoms with Crippen molar-refractivity contribution in [3.8, 4) is 0 Å². The van der Waals surface area contributed by atoms with Crippen LogP contribution in [0, 0.1) is 0 Å². The number of halogens is 4. The molecule has 0 bridgehead atoms. The molecule has 0 aromatic heterocycles. The Labute approximate surface area is 283 Å². The molecule has 4 rings (SSSR count). The highest BCUT2D eigenvalue weighted by Crippen LogP contribution is 2.33. The fourth-order valence-corrected chi connectivity index (χ4v) is 7.17. The van der Waals surface area contributed by atoms with Gasteiger partial charge >= 0.3 is 0 Å². The Morgan fingerprint density at radius 2 is 1.36 bits per heavy atom. The number of sulfonamides is 1. The van der Waals surface area contributed by atoms with Gasteiger partial charge in [0.1, 0.15) is 12.6 Å². The standard InChI is InChI=1S/C33H31Cl4N3O4S/c1-22(2)38-33(42)31(17-23-9-5-3-6-10-23)39(20-24-13-14-25(34)18-28(24)36)32(41)21-40(30-16-15-26(35)19-29(30)37)45(43,44)27-11-7-4-8-12-27/h3-16,18-19,22,31H,17,20-21H2,1-2H3,(H,38,42)/t31-/m0/s1. The number of anilines is 1. The Morgan fingerprint density at radius 1 is 0.778 bits per heavy atom. The maximum atomic E-state index is 14.5. The minimum atomic E-state index is -4.31. The van der Waals surface area contributed by atoms with Crippen LogP contribution in [0.2, 0.25) is 20.1 Å². The number of amides is 2. The van der Waals surface area contributed by atoms with E-state index in [9.17, 15) is 18.0 Å². The van der Waals surface area contributed by atoms with E-state index in [0.717, 1.165) is 9.87 Å². The molecule has 0 aliphatic carbocycles. The molecule has 0 aliphatic rings. The van der Waals surface area contributed by atoms with E-state index in [-0.39, 0.29) is 39.6 Å². The number of carbonyl (C=O) groups is 2. The lowest BCUT2D eigenvalue weighted by Crippen LogP contribution is -2.54. The molecule has 0 spiro atoms. The van der Waals surface area contributed by atoms with Crippen LogP contribution < -0.4 is 9.62 Å². The molecule has 1 atom stereocenters. The van der Waals surface area contributed by atoms with Gasteiger partial charge in [-0.25, -0.2) is 8.42 Å². The lowest BCUT2D eigenvalue weighted by molar-refractivity contribution is -0.140. The van der Waals surface area contributed by atoms with Gasteiger partial charge in [0, 0.05) is 34.1 Å². The van der Waals surface area contributed by atoms with Crippen LogP contribution in [0.3, 0.4) is 0 Å². The van der Waals surface area contributed by atoms with Crippen LogP contribution in [0.4, 0.5) is 5.69 Å². The van der Waals surface area contributed by atoms with Crippen molar-refractivity contribution in [2.24, 2.45) is 0 Å². The van der Waals surface area contributed by atoms with Crippen molar-refractivity contribution < 1.29 is 18.0 Å². The van der Waals surface area contributed by atoms with Gasteiger partial charge in [-0.15, -0.1) is 0 Å². The summed E-state index contributed by atoms with van der Waals surface area (Å²) in [6, 6.07) is 24.8. The van der Waals surface area contributed by atoms with Crippen molar-refractivity contribution in [1.29, 1.82) is 0 Å². The van der Waals surface area contributed by atoms with E-state index < -0.39 is 34.4 Å². The molecule has 0 fully saturated rings. The molecule has 12 heteroatoms. The zero-order valence-electron chi connectivity index (χ0n) is 24.5. The summed E-state index contributed by atoms with van der Waals surface area (Å²) in [5.74, 6) is -1.07. The third-order valence-electron chi connectivity index (χ3n) is 6.85. The van der Waals surface area contributed by atoms with Crippen LogP contribution in [0.5, 0.6) is 0 Å². The molecule has 1 N–H and O–H groups in total. The van der Waals surface area contributed by atoms with Gasteiger partial charge in [-0.05, 0) is 67.4 Å². The Bertz CT molecular complexity index is 1760. The molecule has 0 saturated carbocycles. The minimum Gasteiger partial charge on any atom is -0.352 e. The third-order valence-corrected chi connectivity index (χ3v) is 9.75. The first-order valence-corrected chi connectivity index (χ1v) is 16.9. The quantitative estimate of drug-likeness (QED) is 0.164. The van der Waals surface area contributed by atoms with Crippen molar-refractivity contribution in [1.82, 2.24) is 10.2 Å². The third kappa shape index (κ3) is 8.93. The fraction of sp³-hybridized carbons (Fsp3) is 0.212. The van der Waals surface area contributed by atoms with E-state index in [1.165, 1.54) is 35.2 Å². The topological polar surface area (TPSA) is 86.8 Å². The van der Waals surface area contributed by atoms with E-state index in [2.05, 4.69) is 5.32 Å². The molecular weight excluding hydrogens is 676 g/mol. The average molecular weight is 708 g/mol. The molecule has 45 heavy (non-hydrogen) atoms. The lowest BCUT2D eigenvalue weighted by atomic mass is 10.0. The van der Waals surface area contributed by atoms with Gasteiger partial charge in [-0.3, -0.25) is 13.9 Å². The highest BCUT2D eigenvalue weighted by atomic mass is 35.5. The van der Waals surface area contributed by atoms with Crippen LogP contribution in [0.15, 0.2) is 102 Å². The summed E-state index contributed by atoms with van der Waals surface area (Å²) in [7, 11) is -4.31. The van der Waals surface area contributed by atoms with Gasteiger partial charge in [-0.2, -0.15) is 0 Å². The molecule has 0 heterocycles. The summed E-state index contributed by atoms with van der Waals surface area (Å²) in [6.07, 6.45) is 0.156. The second-order valence-electron chi connectivity index (χ2n) is 10.5. The summed E-state index contributed by atoms with van der Waals surface area (Å²) >= 11 is 25.3. The van der Waals surface area contributed by atoms with E-state index in [1.807, 2.05) is 44.2 Å². The normalized spacial score (nSPS) is 12.1. The SMILES string of the molecule is CC(C)NC(=O)[C@H](Cc1ccccc1)N(Cc1ccc(Cl)cc1Cl)C(=O)CN(c1ccc(Cl)cc1Cl)S(=O)(=O)c1ccccc1. The molecule has 0 aliphatic heterocycles. The highest BCUT2D eigenvalue weighted by molar-refractivity contribution is 7.92. The Morgan fingerprint density at radius 3 is 1.93 bits per heavy atom. The summed E-state index contributed by atoms with van der Waals surface area (Å²) < 4.78 is 29.1. The number of nitrogens with one attached hydrogen (secondary N) is 1. The van der Waals surface area contributed by atoms with Crippen molar-refractivity contribution in [3.05, 3.63) is 128 Å². The molecular formula is C33H31Cl4N3O4S. The number of rotatable bonds is 12. The van der Waals surface area contributed by atoms with Gasteiger partial charge in [0.25, 0.3) is 10.0 Å². The first-order chi connectivity index (χ1) is 21.4. The average Bonchev–Trinajstić information content (AvgIpc) is 2.99. The molecule has 0 saturated heterocycles. The number of nitrogens with zero attached hydrogens (tertiary/aromatic N) is 2. The first-order valence-electron chi connectivity index (χ1n) is 14.0. The van der Waals surface area contributed by atoms with Crippen LogP contribution in [0.1, 0.15) is 25.0 Å². The molecule has 4 aromatic rings. The van der Waals surface area contributed by atoms with Crippen molar-refractivity contribution in [2.75, 3.05) is 10.8 Å². The zero-order chi connectivity index (χ0) is 32.7. The van der Waals surface area contributed by atoms with Gasteiger partial charge in [-0.1, -0.05) is 101 Å². The monoisotopic (exact) mass is 705 g/mol. The molecule has 236 valence electrons. The second-order valence-corrected chi connectivity index (χ2v) is 14.1. The van der Waals surface area contributed by atoms with Gasteiger partial charge in [0.05, 0.1) is 15.6 Å². The predicted octanol–water partition coefficient (Wildman–Crippen LogP) is 7.66. The molecule has 2 amide bonds. The minimum absolute atomic E-state index is 0.0282.